The molecular weight excluding hydrogens is 258 g/mol. The van der Waals surface area contributed by atoms with Crippen molar-refractivity contribution in [3.05, 3.63) is 29.5 Å². The fraction of sp³-hybridized carbons (Fsp3) is 0.500. The summed E-state index contributed by atoms with van der Waals surface area (Å²) in [6.45, 7) is 6.40. The molecular formula is C18H25N3. The van der Waals surface area contributed by atoms with E-state index >= 15 is 0 Å². The Hall–Kier alpha value is -1.77. The van der Waals surface area contributed by atoms with Crippen LogP contribution in [-0.4, -0.2) is 18.1 Å². The molecule has 0 radical (unpaired) electrons. The summed E-state index contributed by atoms with van der Waals surface area (Å²) in [6, 6.07) is 6.52. The van der Waals surface area contributed by atoms with Gasteiger partial charge in [0.05, 0.1) is 5.52 Å². The summed E-state index contributed by atoms with van der Waals surface area (Å²) in [7, 11) is 0. The first-order valence-corrected chi connectivity index (χ1v) is 8.20. The number of benzene rings is 1. The normalized spacial score (nSPS) is 14.8. The largest absolute Gasteiger partial charge is 0.398 e. The topological polar surface area (TPSA) is 42.2 Å². The molecule has 2 aromatic rings. The lowest BCUT2D eigenvalue weighted by molar-refractivity contribution is 0.709. The summed E-state index contributed by atoms with van der Waals surface area (Å²) in [6.07, 6.45) is 5.92. The van der Waals surface area contributed by atoms with Gasteiger partial charge in [0.1, 0.15) is 0 Å². The third-order valence-electron chi connectivity index (χ3n) is 4.67. The number of nitrogens with two attached hydrogens (primary N) is 1. The van der Waals surface area contributed by atoms with Gasteiger partial charge < -0.3 is 10.6 Å². The van der Waals surface area contributed by atoms with Crippen LogP contribution in [-0.2, 0) is 12.8 Å². The van der Waals surface area contributed by atoms with Gasteiger partial charge in [-0.05, 0) is 63.3 Å². The van der Waals surface area contributed by atoms with Gasteiger partial charge in [-0.15, -0.1) is 0 Å². The minimum atomic E-state index is 0.964. The molecule has 0 bridgehead atoms. The summed E-state index contributed by atoms with van der Waals surface area (Å²) in [5, 5.41) is 1.13. The molecule has 21 heavy (non-hydrogen) atoms. The van der Waals surface area contributed by atoms with Crippen LogP contribution in [0.5, 0.6) is 0 Å². The van der Waals surface area contributed by atoms with E-state index in [0.29, 0.717) is 0 Å². The first-order chi connectivity index (χ1) is 10.2. The van der Waals surface area contributed by atoms with Crippen molar-refractivity contribution in [2.24, 2.45) is 0 Å². The maximum absolute atomic E-state index is 6.50. The van der Waals surface area contributed by atoms with Crippen molar-refractivity contribution < 1.29 is 0 Å². The van der Waals surface area contributed by atoms with Gasteiger partial charge in [-0.25, -0.2) is 0 Å². The van der Waals surface area contributed by atoms with Crippen LogP contribution in [0.15, 0.2) is 18.2 Å². The van der Waals surface area contributed by atoms with E-state index in [9.17, 15) is 0 Å². The van der Waals surface area contributed by atoms with Gasteiger partial charge >= 0.3 is 0 Å². The standard InChI is InChI=1S/C18H25N3/c1-3-21(4-2)13-10-11-17-15(12-13)18(19)14-8-6-5-7-9-16(14)20-17/h10-12H,3-9H2,1-2H3,(H2,19,20). The molecule has 3 heteroatoms. The van der Waals surface area contributed by atoms with Crippen molar-refractivity contribution in [2.75, 3.05) is 23.7 Å². The molecule has 0 amide bonds. The molecule has 3 rings (SSSR count). The molecule has 3 nitrogen and oxygen atoms in total. The molecule has 0 aliphatic heterocycles. The second kappa shape index (κ2) is 5.92. The van der Waals surface area contributed by atoms with Gasteiger partial charge in [0, 0.05) is 35.5 Å². The fourth-order valence-corrected chi connectivity index (χ4v) is 3.41. The summed E-state index contributed by atoms with van der Waals surface area (Å²) in [5.74, 6) is 0. The average molecular weight is 283 g/mol. The number of rotatable bonds is 3. The highest BCUT2D eigenvalue weighted by Crippen LogP contribution is 2.32. The second-order valence-corrected chi connectivity index (χ2v) is 5.89. The third-order valence-corrected chi connectivity index (χ3v) is 4.67. The van der Waals surface area contributed by atoms with E-state index in [0.717, 1.165) is 42.5 Å². The van der Waals surface area contributed by atoms with E-state index in [2.05, 4.69) is 36.9 Å². The Kier molecular flexibility index (Phi) is 4.00. The Morgan fingerprint density at radius 2 is 1.86 bits per heavy atom. The molecule has 0 unspecified atom stereocenters. The van der Waals surface area contributed by atoms with E-state index in [1.54, 1.807) is 0 Å². The van der Waals surface area contributed by atoms with Gasteiger partial charge in [-0.2, -0.15) is 0 Å². The molecule has 112 valence electrons. The number of nitrogen functional groups attached to an aromatic ring is 1. The van der Waals surface area contributed by atoms with E-state index in [4.69, 9.17) is 10.7 Å². The predicted molar refractivity (Wildman–Crippen MR) is 91.0 cm³/mol. The lowest BCUT2D eigenvalue weighted by Gasteiger charge is -2.22. The number of aromatic nitrogens is 1. The quantitative estimate of drug-likeness (QED) is 0.868. The minimum Gasteiger partial charge on any atom is -0.398 e. The third kappa shape index (κ3) is 2.57. The van der Waals surface area contributed by atoms with Crippen molar-refractivity contribution in [1.82, 2.24) is 4.98 Å². The van der Waals surface area contributed by atoms with Crippen LogP contribution >= 0.6 is 0 Å². The number of aryl methyl sites for hydroxylation is 1. The monoisotopic (exact) mass is 283 g/mol. The van der Waals surface area contributed by atoms with Crippen LogP contribution < -0.4 is 10.6 Å². The summed E-state index contributed by atoms with van der Waals surface area (Å²) < 4.78 is 0. The Morgan fingerprint density at radius 3 is 2.62 bits per heavy atom. The van der Waals surface area contributed by atoms with Crippen LogP contribution in [0.1, 0.15) is 44.4 Å². The molecule has 0 fully saturated rings. The van der Waals surface area contributed by atoms with Gasteiger partial charge in [0.15, 0.2) is 0 Å². The van der Waals surface area contributed by atoms with E-state index in [1.807, 2.05) is 0 Å². The van der Waals surface area contributed by atoms with Crippen LogP contribution in [0.4, 0.5) is 11.4 Å². The molecule has 0 atom stereocenters. The maximum Gasteiger partial charge on any atom is 0.0727 e. The van der Waals surface area contributed by atoms with Gasteiger partial charge in [0.25, 0.3) is 0 Å². The smallest absolute Gasteiger partial charge is 0.0727 e. The van der Waals surface area contributed by atoms with Crippen LogP contribution in [0, 0.1) is 0 Å². The fourth-order valence-electron chi connectivity index (χ4n) is 3.41. The van der Waals surface area contributed by atoms with Crippen molar-refractivity contribution in [3.63, 3.8) is 0 Å². The van der Waals surface area contributed by atoms with E-state index < -0.39 is 0 Å². The Morgan fingerprint density at radius 1 is 1.10 bits per heavy atom. The Bertz CT molecular complexity index is 644. The highest BCUT2D eigenvalue weighted by molar-refractivity contribution is 5.94. The first-order valence-electron chi connectivity index (χ1n) is 8.20. The van der Waals surface area contributed by atoms with Gasteiger partial charge in [-0.3, -0.25) is 4.98 Å². The number of hydrogen-bond acceptors (Lipinski definition) is 3. The number of anilines is 2. The van der Waals surface area contributed by atoms with Crippen molar-refractivity contribution >= 4 is 22.3 Å². The zero-order valence-electron chi connectivity index (χ0n) is 13.2. The highest BCUT2D eigenvalue weighted by Gasteiger charge is 2.16. The molecule has 0 saturated heterocycles. The van der Waals surface area contributed by atoms with Gasteiger partial charge in [0.2, 0.25) is 0 Å². The molecule has 2 N–H and O–H groups in total. The minimum absolute atomic E-state index is 0.964. The lowest BCUT2D eigenvalue weighted by Crippen LogP contribution is -2.21. The Labute approximate surface area is 127 Å². The molecule has 1 aromatic heterocycles. The summed E-state index contributed by atoms with van der Waals surface area (Å²) in [5.41, 5.74) is 12.3. The maximum atomic E-state index is 6.50. The molecule has 0 saturated carbocycles. The van der Waals surface area contributed by atoms with Crippen LogP contribution in [0.2, 0.25) is 0 Å². The summed E-state index contributed by atoms with van der Waals surface area (Å²) in [4.78, 5) is 7.24. The summed E-state index contributed by atoms with van der Waals surface area (Å²) >= 11 is 0. The number of fused-ring (bicyclic) bond motifs is 2. The lowest BCUT2D eigenvalue weighted by atomic mass is 10.0. The van der Waals surface area contributed by atoms with Crippen LogP contribution in [0.25, 0.3) is 10.9 Å². The SMILES string of the molecule is CCN(CC)c1ccc2nc3c(c(N)c2c1)CCCCC3. The number of pyridine rings is 1. The molecule has 1 heterocycles. The average Bonchev–Trinajstić information content (AvgIpc) is 2.75. The van der Waals surface area contributed by atoms with Crippen molar-refractivity contribution in [1.29, 1.82) is 0 Å². The molecule has 1 aliphatic carbocycles. The molecule has 0 spiro atoms. The van der Waals surface area contributed by atoms with Crippen molar-refractivity contribution in [3.8, 4) is 0 Å². The number of hydrogen-bond donors (Lipinski definition) is 1. The van der Waals surface area contributed by atoms with E-state index in [-0.39, 0.29) is 0 Å². The molecule has 1 aromatic carbocycles. The van der Waals surface area contributed by atoms with Gasteiger partial charge in [-0.1, -0.05) is 6.42 Å². The second-order valence-electron chi connectivity index (χ2n) is 5.89. The van der Waals surface area contributed by atoms with Crippen LogP contribution in [0.3, 0.4) is 0 Å². The van der Waals surface area contributed by atoms with E-state index in [1.165, 1.54) is 36.2 Å². The zero-order valence-corrected chi connectivity index (χ0v) is 13.2. The number of nitrogens with zero attached hydrogens (tertiary/aromatic N) is 2. The Balaban J connectivity index is 2.14. The first kappa shape index (κ1) is 14.2. The van der Waals surface area contributed by atoms with Crippen molar-refractivity contribution in [2.45, 2.75) is 46.0 Å². The predicted octanol–water partition coefficient (Wildman–Crippen LogP) is 3.93. The zero-order chi connectivity index (χ0) is 14.8. The molecule has 1 aliphatic rings. The highest BCUT2D eigenvalue weighted by atomic mass is 15.1.